The molecule has 0 heterocycles. The second-order valence-electron chi connectivity index (χ2n) is 4.79. The van der Waals surface area contributed by atoms with Crippen LogP contribution in [0.3, 0.4) is 0 Å². The Morgan fingerprint density at radius 3 is 2.47 bits per heavy atom. The first-order valence-electron chi connectivity index (χ1n) is 6.45. The van der Waals surface area contributed by atoms with Crippen molar-refractivity contribution in [3.63, 3.8) is 0 Å². The molecule has 1 fully saturated rings. The van der Waals surface area contributed by atoms with E-state index in [4.69, 9.17) is 5.73 Å². The van der Waals surface area contributed by atoms with Gasteiger partial charge in [0.1, 0.15) is 0 Å². The number of halogens is 1. The molecule has 3 N–H and O–H groups in total. The molecule has 0 radical (unpaired) electrons. The smallest absolute Gasteiger partial charge is 0.233 e. The number of thioether (sulfide) groups is 1. The van der Waals surface area contributed by atoms with Gasteiger partial charge >= 0.3 is 0 Å². The van der Waals surface area contributed by atoms with Gasteiger partial charge in [-0.15, -0.1) is 24.2 Å². The molecule has 1 aliphatic carbocycles. The number of nitrogens with two attached hydrogens (primary N) is 1. The quantitative estimate of drug-likeness (QED) is 0.879. The molecule has 0 atom stereocenters. The maximum atomic E-state index is 11.3. The number of carbonyl (C=O) groups is 1. The standard InChI is InChI=1S/C14H20N2OS.ClH/c15-10-13(17)16-11-14(8-4-5-9-14)18-12-6-2-1-3-7-12;/h1-3,6-7H,4-5,8-11,15H2,(H,16,17);1H. The van der Waals surface area contributed by atoms with Crippen LogP contribution in [0.2, 0.25) is 0 Å². The molecule has 0 saturated heterocycles. The van der Waals surface area contributed by atoms with E-state index in [2.05, 4.69) is 29.6 Å². The second kappa shape index (κ2) is 7.78. The summed E-state index contributed by atoms with van der Waals surface area (Å²) in [5.41, 5.74) is 5.33. The topological polar surface area (TPSA) is 55.1 Å². The summed E-state index contributed by atoms with van der Waals surface area (Å²) in [7, 11) is 0. The first kappa shape index (κ1) is 16.3. The number of nitrogens with one attached hydrogen (secondary N) is 1. The SMILES string of the molecule is Cl.NCC(=O)NCC1(Sc2ccccc2)CCCC1. The fourth-order valence-corrected chi connectivity index (χ4v) is 3.83. The lowest BCUT2D eigenvalue weighted by Gasteiger charge is -2.28. The van der Waals surface area contributed by atoms with Crippen molar-refractivity contribution in [2.45, 2.75) is 35.3 Å². The Bertz CT molecular complexity index is 394. The molecule has 0 unspecified atom stereocenters. The summed E-state index contributed by atoms with van der Waals surface area (Å²) in [5.74, 6) is -0.0602. The highest BCUT2D eigenvalue weighted by atomic mass is 35.5. The van der Waals surface area contributed by atoms with Gasteiger partial charge in [-0.05, 0) is 25.0 Å². The summed E-state index contributed by atoms with van der Waals surface area (Å²) >= 11 is 1.90. The Balaban J connectivity index is 0.00000180. The zero-order chi connectivity index (χ0) is 12.8. The summed E-state index contributed by atoms with van der Waals surface area (Å²) < 4.78 is 0.159. The molecule has 0 bridgehead atoms. The molecule has 0 aliphatic heterocycles. The predicted molar refractivity (Wildman–Crippen MR) is 82.8 cm³/mol. The number of carbonyl (C=O) groups excluding carboxylic acids is 1. The Hall–Kier alpha value is -0.710. The zero-order valence-electron chi connectivity index (χ0n) is 10.9. The first-order valence-corrected chi connectivity index (χ1v) is 7.27. The molecule has 5 heteroatoms. The van der Waals surface area contributed by atoms with Crippen molar-refractivity contribution in [2.75, 3.05) is 13.1 Å². The van der Waals surface area contributed by atoms with Gasteiger partial charge in [0.25, 0.3) is 0 Å². The number of amides is 1. The highest BCUT2D eigenvalue weighted by Gasteiger charge is 2.35. The van der Waals surface area contributed by atoms with Gasteiger partial charge in [-0.25, -0.2) is 0 Å². The molecule has 1 aromatic rings. The van der Waals surface area contributed by atoms with Gasteiger partial charge in [0, 0.05) is 16.2 Å². The first-order chi connectivity index (χ1) is 8.74. The van der Waals surface area contributed by atoms with Gasteiger partial charge in [-0.2, -0.15) is 0 Å². The van der Waals surface area contributed by atoms with Crippen molar-refractivity contribution < 1.29 is 4.79 Å². The van der Waals surface area contributed by atoms with E-state index in [0.29, 0.717) is 0 Å². The maximum Gasteiger partial charge on any atom is 0.233 e. The van der Waals surface area contributed by atoms with E-state index < -0.39 is 0 Å². The third-order valence-corrected chi connectivity index (χ3v) is 4.88. The monoisotopic (exact) mass is 300 g/mol. The lowest BCUT2D eigenvalue weighted by Crippen LogP contribution is -2.41. The third-order valence-electron chi connectivity index (χ3n) is 3.39. The minimum absolute atomic E-state index is 0. The van der Waals surface area contributed by atoms with Gasteiger partial charge in [-0.3, -0.25) is 4.79 Å². The summed E-state index contributed by atoms with van der Waals surface area (Å²) in [6.45, 7) is 0.800. The van der Waals surface area contributed by atoms with Crippen LogP contribution in [0.4, 0.5) is 0 Å². The average Bonchev–Trinajstić information content (AvgIpc) is 2.86. The fraction of sp³-hybridized carbons (Fsp3) is 0.500. The van der Waals surface area contributed by atoms with Crippen molar-refractivity contribution in [2.24, 2.45) is 5.73 Å². The van der Waals surface area contributed by atoms with E-state index in [0.717, 1.165) is 19.4 Å². The normalized spacial score (nSPS) is 16.7. The van der Waals surface area contributed by atoms with Crippen molar-refractivity contribution in [3.8, 4) is 0 Å². The Morgan fingerprint density at radius 1 is 1.26 bits per heavy atom. The van der Waals surface area contributed by atoms with Gasteiger partial charge < -0.3 is 11.1 Å². The van der Waals surface area contributed by atoms with Crippen LogP contribution in [-0.2, 0) is 4.79 Å². The maximum absolute atomic E-state index is 11.3. The van der Waals surface area contributed by atoms with Gasteiger partial charge in [0.15, 0.2) is 0 Å². The van der Waals surface area contributed by atoms with E-state index in [-0.39, 0.29) is 29.6 Å². The molecule has 19 heavy (non-hydrogen) atoms. The van der Waals surface area contributed by atoms with Crippen LogP contribution in [0, 0.1) is 0 Å². The molecule has 3 nitrogen and oxygen atoms in total. The van der Waals surface area contributed by atoms with Gasteiger partial charge in [-0.1, -0.05) is 31.0 Å². The largest absolute Gasteiger partial charge is 0.354 e. The van der Waals surface area contributed by atoms with Crippen LogP contribution in [0.15, 0.2) is 35.2 Å². The third kappa shape index (κ3) is 4.71. The van der Waals surface area contributed by atoms with Gasteiger partial charge in [0.05, 0.1) is 6.54 Å². The number of benzene rings is 1. The molecular formula is C14H21ClN2OS. The molecule has 1 aromatic carbocycles. The molecule has 1 saturated carbocycles. The molecule has 1 amide bonds. The van der Waals surface area contributed by atoms with Crippen molar-refractivity contribution >= 4 is 30.1 Å². The van der Waals surface area contributed by atoms with Crippen molar-refractivity contribution in [1.82, 2.24) is 5.32 Å². The van der Waals surface area contributed by atoms with Crippen molar-refractivity contribution in [1.29, 1.82) is 0 Å². The lowest BCUT2D eigenvalue weighted by molar-refractivity contribution is -0.119. The highest BCUT2D eigenvalue weighted by molar-refractivity contribution is 8.00. The number of hydrogen-bond donors (Lipinski definition) is 2. The van der Waals surface area contributed by atoms with E-state index >= 15 is 0 Å². The summed E-state index contributed by atoms with van der Waals surface area (Å²) in [4.78, 5) is 12.6. The fourth-order valence-electron chi connectivity index (χ4n) is 2.40. The minimum atomic E-state index is -0.0602. The van der Waals surface area contributed by atoms with E-state index in [9.17, 15) is 4.79 Å². The molecule has 1 aliphatic rings. The van der Waals surface area contributed by atoms with Gasteiger partial charge in [0.2, 0.25) is 5.91 Å². The van der Waals surface area contributed by atoms with E-state index in [1.165, 1.54) is 17.7 Å². The summed E-state index contributed by atoms with van der Waals surface area (Å²) in [6.07, 6.45) is 4.82. The lowest BCUT2D eigenvalue weighted by atomic mass is 10.1. The van der Waals surface area contributed by atoms with Crippen LogP contribution in [0.5, 0.6) is 0 Å². The Kier molecular flexibility index (Phi) is 6.69. The van der Waals surface area contributed by atoms with Crippen LogP contribution >= 0.6 is 24.2 Å². The molecule has 2 rings (SSSR count). The summed E-state index contributed by atoms with van der Waals surface area (Å²) in [5, 5.41) is 2.95. The zero-order valence-corrected chi connectivity index (χ0v) is 12.6. The number of rotatable bonds is 5. The van der Waals surface area contributed by atoms with Crippen molar-refractivity contribution in [3.05, 3.63) is 30.3 Å². The number of hydrogen-bond acceptors (Lipinski definition) is 3. The van der Waals surface area contributed by atoms with Crippen LogP contribution < -0.4 is 11.1 Å². The molecule has 0 spiro atoms. The highest BCUT2D eigenvalue weighted by Crippen LogP contribution is 2.44. The van der Waals surface area contributed by atoms with Crippen LogP contribution in [0.1, 0.15) is 25.7 Å². The van der Waals surface area contributed by atoms with Crippen LogP contribution in [0.25, 0.3) is 0 Å². The van der Waals surface area contributed by atoms with E-state index in [1.807, 2.05) is 17.8 Å². The minimum Gasteiger partial charge on any atom is -0.354 e. The molecule has 106 valence electrons. The molecule has 0 aromatic heterocycles. The Morgan fingerprint density at radius 2 is 1.89 bits per heavy atom. The summed E-state index contributed by atoms with van der Waals surface area (Å²) in [6, 6.07) is 10.4. The van der Waals surface area contributed by atoms with E-state index in [1.54, 1.807) is 0 Å². The second-order valence-corrected chi connectivity index (χ2v) is 6.33. The molecular weight excluding hydrogens is 280 g/mol. The predicted octanol–water partition coefficient (Wildman–Crippen LogP) is 2.59. The Labute approximate surface area is 125 Å². The average molecular weight is 301 g/mol. The van der Waals surface area contributed by atoms with Crippen LogP contribution in [-0.4, -0.2) is 23.7 Å².